The molecule has 32 heavy (non-hydrogen) atoms. The third-order valence-electron chi connectivity index (χ3n) is 6.59. The lowest BCUT2D eigenvalue weighted by atomic mass is 9.92. The van der Waals surface area contributed by atoms with Gasteiger partial charge in [0.1, 0.15) is 0 Å². The van der Waals surface area contributed by atoms with Crippen molar-refractivity contribution in [1.82, 2.24) is 9.80 Å². The van der Waals surface area contributed by atoms with Crippen LogP contribution in [0.2, 0.25) is 0 Å². The zero-order valence-corrected chi connectivity index (χ0v) is 18.0. The van der Waals surface area contributed by atoms with Gasteiger partial charge in [0.2, 0.25) is 11.8 Å². The number of carboxylic acids is 1. The molecule has 2 saturated heterocycles. The second-order valence-corrected chi connectivity index (χ2v) is 8.69. The van der Waals surface area contributed by atoms with Gasteiger partial charge in [-0.15, -0.1) is 0 Å². The maximum Gasteiger partial charge on any atom is 0.490 e. The molecular formula is C22H28F3N3O4. The smallest absolute Gasteiger partial charge is 0.475 e. The zero-order chi connectivity index (χ0) is 23.5. The number of nitrogens with zero attached hydrogens (tertiary/aromatic N) is 3. The van der Waals surface area contributed by atoms with Crippen LogP contribution in [-0.4, -0.2) is 77.6 Å². The van der Waals surface area contributed by atoms with E-state index in [4.69, 9.17) is 9.90 Å². The Hall–Kier alpha value is -2.62. The fraction of sp³-hybridized carbons (Fsp3) is 0.591. The first-order valence-electron chi connectivity index (χ1n) is 10.7. The molecule has 2 aliphatic heterocycles. The molecule has 1 unspecified atom stereocenters. The number of aliphatic carboxylic acids is 1. The highest BCUT2D eigenvalue weighted by Gasteiger charge is 2.49. The Morgan fingerprint density at radius 3 is 2.25 bits per heavy atom. The van der Waals surface area contributed by atoms with Crippen LogP contribution in [0.25, 0.3) is 0 Å². The first kappa shape index (κ1) is 24.0. The van der Waals surface area contributed by atoms with Gasteiger partial charge in [-0.2, -0.15) is 13.2 Å². The molecule has 0 bridgehead atoms. The van der Waals surface area contributed by atoms with Crippen molar-refractivity contribution >= 4 is 23.5 Å². The lowest BCUT2D eigenvalue weighted by Gasteiger charge is -2.46. The highest BCUT2D eigenvalue weighted by Crippen LogP contribution is 2.35. The first-order chi connectivity index (χ1) is 15.0. The van der Waals surface area contributed by atoms with Crippen LogP contribution in [0.4, 0.5) is 18.9 Å². The number of carboxylic acid groups (broad SMARTS) is 1. The van der Waals surface area contributed by atoms with Crippen LogP contribution in [0.15, 0.2) is 30.3 Å². The zero-order valence-electron chi connectivity index (χ0n) is 18.0. The van der Waals surface area contributed by atoms with Gasteiger partial charge in [0.25, 0.3) is 0 Å². The van der Waals surface area contributed by atoms with Gasteiger partial charge in [0.05, 0.1) is 12.1 Å². The van der Waals surface area contributed by atoms with E-state index in [1.54, 1.807) is 0 Å². The van der Waals surface area contributed by atoms with Crippen molar-refractivity contribution in [3.05, 3.63) is 30.3 Å². The number of halogens is 3. The van der Waals surface area contributed by atoms with E-state index in [9.17, 15) is 22.8 Å². The van der Waals surface area contributed by atoms with Crippen LogP contribution < -0.4 is 4.90 Å². The number of hydrogen-bond acceptors (Lipinski definition) is 4. The fourth-order valence-electron chi connectivity index (χ4n) is 4.72. The van der Waals surface area contributed by atoms with Crippen molar-refractivity contribution in [3.8, 4) is 0 Å². The molecule has 7 nitrogen and oxygen atoms in total. The van der Waals surface area contributed by atoms with Gasteiger partial charge in [0.15, 0.2) is 0 Å². The van der Waals surface area contributed by atoms with E-state index >= 15 is 0 Å². The minimum absolute atomic E-state index is 0.113. The standard InChI is InChI=1S/C20H27N3O2.C2HF3O2/c1-21-13-18(24)23(17-9-3-2-4-10-17)15-20(21)11-12-22(14-20)19(25)16-7-5-6-8-16;3-2(4,5)1(6)7/h2-4,9-10,16H,5-8,11-15H2,1H3;(H,6,7). The second kappa shape index (κ2) is 9.48. The van der Waals surface area contributed by atoms with Crippen molar-refractivity contribution in [2.45, 2.75) is 43.8 Å². The molecule has 1 spiro atoms. The number of amides is 2. The third-order valence-corrected chi connectivity index (χ3v) is 6.59. The molecule has 10 heteroatoms. The summed E-state index contributed by atoms with van der Waals surface area (Å²) in [6.07, 6.45) is 0.329. The van der Waals surface area contributed by atoms with Crippen LogP contribution in [0, 0.1) is 5.92 Å². The van der Waals surface area contributed by atoms with Gasteiger partial charge in [-0.05, 0) is 38.4 Å². The van der Waals surface area contributed by atoms with Crippen LogP contribution in [0.1, 0.15) is 32.1 Å². The number of likely N-dealkylation sites (tertiary alicyclic amines) is 1. The van der Waals surface area contributed by atoms with Crippen molar-refractivity contribution in [2.24, 2.45) is 5.92 Å². The lowest BCUT2D eigenvalue weighted by molar-refractivity contribution is -0.192. The predicted octanol–water partition coefficient (Wildman–Crippen LogP) is 2.76. The first-order valence-corrected chi connectivity index (χ1v) is 10.7. The molecule has 1 saturated carbocycles. The molecule has 4 rings (SSSR count). The van der Waals surface area contributed by atoms with Crippen molar-refractivity contribution in [2.75, 3.05) is 38.1 Å². The molecule has 0 radical (unpaired) electrons. The Morgan fingerprint density at radius 2 is 1.69 bits per heavy atom. The molecule has 1 N–H and O–H groups in total. The van der Waals surface area contributed by atoms with E-state index < -0.39 is 12.1 Å². The molecule has 2 heterocycles. The molecule has 0 aromatic heterocycles. The van der Waals surface area contributed by atoms with Crippen LogP contribution in [0.3, 0.4) is 0 Å². The largest absolute Gasteiger partial charge is 0.490 e. The van der Waals surface area contributed by atoms with Crippen LogP contribution in [-0.2, 0) is 14.4 Å². The number of piperazine rings is 1. The molecule has 3 fully saturated rings. The summed E-state index contributed by atoms with van der Waals surface area (Å²) in [4.78, 5) is 40.4. The fourth-order valence-corrected chi connectivity index (χ4v) is 4.72. The van der Waals surface area contributed by atoms with Gasteiger partial charge in [-0.25, -0.2) is 4.79 Å². The average molecular weight is 455 g/mol. The van der Waals surface area contributed by atoms with Crippen molar-refractivity contribution in [3.63, 3.8) is 0 Å². The summed E-state index contributed by atoms with van der Waals surface area (Å²) in [7, 11) is 2.03. The number of hydrogen-bond donors (Lipinski definition) is 1. The number of benzene rings is 1. The number of anilines is 1. The van der Waals surface area contributed by atoms with E-state index in [2.05, 4.69) is 9.80 Å². The molecule has 1 aromatic carbocycles. The molecule has 1 atom stereocenters. The van der Waals surface area contributed by atoms with E-state index in [-0.39, 0.29) is 17.4 Å². The maximum absolute atomic E-state index is 12.8. The summed E-state index contributed by atoms with van der Waals surface area (Å²) in [5, 5.41) is 7.12. The average Bonchev–Trinajstić information content (AvgIpc) is 3.42. The van der Waals surface area contributed by atoms with Crippen LogP contribution >= 0.6 is 0 Å². The van der Waals surface area contributed by atoms with Crippen molar-refractivity contribution in [1.29, 1.82) is 0 Å². The van der Waals surface area contributed by atoms with Gasteiger partial charge >= 0.3 is 12.1 Å². The van der Waals surface area contributed by atoms with Gasteiger partial charge in [-0.1, -0.05) is 31.0 Å². The van der Waals surface area contributed by atoms with E-state index in [0.717, 1.165) is 38.0 Å². The second-order valence-electron chi connectivity index (χ2n) is 8.69. The van der Waals surface area contributed by atoms with E-state index in [0.29, 0.717) is 19.0 Å². The number of alkyl halides is 3. The van der Waals surface area contributed by atoms with Gasteiger partial charge in [-0.3, -0.25) is 14.5 Å². The topological polar surface area (TPSA) is 81.2 Å². The molecule has 176 valence electrons. The lowest BCUT2D eigenvalue weighted by Crippen LogP contribution is -2.64. The number of carbonyl (C=O) groups is 3. The third kappa shape index (κ3) is 5.23. The van der Waals surface area contributed by atoms with E-state index in [1.165, 1.54) is 12.8 Å². The van der Waals surface area contributed by atoms with Crippen LogP contribution in [0.5, 0.6) is 0 Å². The van der Waals surface area contributed by atoms with Gasteiger partial charge in [0, 0.05) is 31.2 Å². The Kier molecular flexibility index (Phi) is 7.12. The monoisotopic (exact) mass is 455 g/mol. The summed E-state index contributed by atoms with van der Waals surface area (Å²) in [6, 6.07) is 9.90. The summed E-state index contributed by atoms with van der Waals surface area (Å²) in [6.45, 7) is 2.65. The number of likely N-dealkylation sites (N-methyl/N-ethyl adjacent to an activating group) is 1. The number of carbonyl (C=O) groups excluding carboxylic acids is 2. The minimum atomic E-state index is -5.08. The highest BCUT2D eigenvalue weighted by molar-refractivity contribution is 5.96. The predicted molar refractivity (Wildman–Crippen MR) is 111 cm³/mol. The SMILES string of the molecule is CN1CC(=O)N(c2ccccc2)CC12CCN(C(=O)C1CCCC1)C2.O=C(O)C(F)(F)F. The number of rotatable bonds is 2. The Balaban J connectivity index is 0.000000360. The highest BCUT2D eigenvalue weighted by atomic mass is 19.4. The minimum Gasteiger partial charge on any atom is -0.475 e. The Morgan fingerprint density at radius 1 is 1.09 bits per heavy atom. The molecule has 1 aliphatic carbocycles. The molecule has 2 amide bonds. The Labute approximate surface area is 184 Å². The normalized spacial score (nSPS) is 24.6. The van der Waals surface area contributed by atoms with Crippen molar-refractivity contribution < 1.29 is 32.7 Å². The summed E-state index contributed by atoms with van der Waals surface area (Å²) >= 11 is 0. The molecule has 3 aliphatic rings. The summed E-state index contributed by atoms with van der Waals surface area (Å²) in [5.74, 6) is -2.05. The Bertz CT molecular complexity index is 843. The molecular weight excluding hydrogens is 427 g/mol. The van der Waals surface area contributed by atoms with E-state index in [1.807, 2.05) is 42.3 Å². The summed E-state index contributed by atoms with van der Waals surface area (Å²) < 4.78 is 31.7. The maximum atomic E-state index is 12.8. The molecule has 1 aromatic rings. The quantitative estimate of drug-likeness (QED) is 0.742. The van der Waals surface area contributed by atoms with Gasteiger partial charge < -0.3 is 14.9 Å². The summed E-state index contributed by atoms with van der Waals surface area (Å²) in [5.41, 5.74) is 0.846. The number of para-hydroxylation sites is 1.